The summed E-state index contributed by atoms with van der Waals surface area (Å²) in [6.07, 6.45) is 10.6. The third kappa shape index (κ3) is 4.50. The summed E-state index contributed by atoms with van der Waals surface area (Å²) < 4.78 is 0. The zero-order valence-electron chi connectivity index (χ0n) is 14.2. The average Bonchev–Trinajstić information content (AvgIpc) is 3.39. The fourth-order valence-corrected chi connectivity index (χ4v) is 3.86. The molecule has 1 aromatic heterocycles. The minimum Gasteiger partial charge on any atom is -0.313 e. The van der Waals surface area contributed by atoms with Gasteiger partial charge in [0.15, 0.2) is 5.16 Å². The first-order valence-electron chi connectivity index (χ1n) is 8.91. The van der Waals surface area contributed by atoms with Gasteiger partial charge in [-0.25, -0.2) is 4.98 Å². The minimum atomic E-state index is -0.141. The molecule has 2 aliphatic rings. The van der Waals surface area contributed by atoms with Crippen LogP contribution in [-0.4, -0.2) is 32.6 Å². The maximum Gasteiger partial charge on any atom is 0.251 e. The van der Waals surface area contributed by atoms with Crippen LogP contribution < -0.4 is 5.56 Å². The van der Waals surface area contributed by atoms with Gasteiger partial charge in [-0.1, -0.05) is 31.2 Å². The Kier molecular flexibility index (Phi) is 5.76. The Balaban J connectivity index is 1.65. The van der Waals surface area contributed by atoms with Crippen LogP contribution in [-0.2, 0) is 11.2 Å². The lowest BCUT2D eigenvalue weighted by atomic mass is 10.0. The van der Waals surface area contributed by atoms with Crippen LogP contribution in [0, 0.1) is 0 Å². The van der Waals surface area contributed by atoms with Gasteiger partial charge in [-0.05, 0) is 44.9 Å². The smallest absolute Gasteiger partial charge is 0.251 e. The van der Waals surface area contributed by atoms with Crippen LogP contribution in [0.2, 0.25) is 0 Å². The van der Waals surface area contributed by atoms with E-state index in [9.17, 15) is 9.59 Å². The van der Waals surface area contributed by atoms with Gasteiger partial charge in [-0.3, -0.25) is 9.59 Å². The highest BCUT2D eigenvalue weighted by atomic mass is 32.2. The maximum atomic E-state index is 12.7. The van der Waals surface area contributed by atoms with E-state index in [1.165, 1.54) is 30.3 Å². The summed E-state index contributed by atoms with van der Waals surface area (Å²) in [6, 6.07) is 1.93. The van der Waals surface area contributed by atoms with Crippen LogP contribution in [0.25, 0.3) is 0 Å². The van der Waals surface area contributed by atoms with Crippen molar-refractivity contribution in [3.8, 4) is 0 Å². The molecule has 1 heterocycles. The van der Waals surface area contributed by atoms with E-state index >= 15 is 0 Å². The summed E-state index contributed by atoms with van der Waals surface area (Å²) >= 11 is 1.34. The van der Waals surface area contributed by atoms with Crippen LogP contribution in [0.1, 0.15) is 57.6 Å². The molecule has 1 fully saturated rings. The van der Waals surface area contributed by atoms with E-state index < -0.39 is 0 Å². The second-order valence-electron chi connectivity index (χ2n) is 6.52. The lowest BCUT2D eigenvalue weighted by molar-refractivity contribution is -0.127. The standard InChI is InChI=1S/C18H25N3O2S/c1-2-6-13-11-16(22)20-18(19-13)24-12-17(23)21(15-9-10-15)14-7-4-3-5-8-14/h7,11,15H,2-6,8-10,12H2,1H3,(H,19,20,22). The van der Waals surface area contributed by atoms with Crippen molar-refractivity contribution in [1.29, 1.82) is 0 Å². The molecule has 3 rings (SSSR count). The zero-order chi connectivity index (χ0) is 16.9. The number of carbonyl (C=O) groups is 1. The number of hydrogen-bond acceptors (Lipinski definition) is 4. The van der Waals surface area contributed by atoms with E-state index in [0.717, 1.165) is 44.2 Å². The number of H-pyrrole nitrogens is 1. The molecule has 24 heavy (non-hydrogen) atoms. The van der Waals surface area contributed by atoms with Gasteiger partial charge in [0.2, 0.25) is 5.91 Å². The van der Waals surface area contributed by atoms with Crippen LogP contribution >= 0.6 is 11.8 Å². The average molecular weight is 347 g/mol. The quantitative estimate of drug-likeness (QED) is 0.607. The topological polar surface area (TPSA) is 66.1 Å². The molecule has 1 saturated carbocycles. The van der Waals surface area contributed by atoms with Gasteiger partial charge in [-0.2, -0.15) is 0 Å². The van der Waals surface area contributed by atoms with Crippen molar-refractivity contribution in [2.45, 2.75) is 69.5 Å². The van der Waals surface area contributed by atoms with Crippen LogP contribution in [0.4, 0.5) is 0 Å². The molecule has 6 heteroatoms. The van der Waals surface area contributed by atoms with Gasteiger partial charge < -0.3 is 9.88 Å². The Morgan fingerprint density at radius 3 is 2.92 bits per heavy atom. The Labute approximate surface area is 146 Å². The van der Waals surface area contributed by atoms with Gasteiger partial charge in [0.05, 0.1) is 5.75 Å². The predicted octanol–water partition coefficient (Wildman–Crippen LogP) is 3.26. The molecule has 1 N–H and O–H groups in total. The molecule has 0 bridgehead atoms. The molecule has 0 saturated heterocycles. The second kappa shape index (κ2) is 8.01. The van der Waals surface area contributed by atoms with Crippen LogP contribution in [0.3, 0.4) is 0 Å². The largest absolute Gasteiger partial charge is 0.313 e. The number of allylic oxidation sites excluding steroid dienone is 2. The first-order valence-corrected chi connectivity index (χ1v) is 9.90. The van der Waals surface area contributed by atoms with Crippen molar-refractivity contribution < 1.29 is 4.79 Å². The number of hydrogen-bond donors (Lipinski definition) is 1. The summed E-state index contributed by atoms with van der Waals surface area (Å²) in [5.74, 6) is 0.464. The van der Waals surface area contributed by atoms with E-state index in [2.05, 4.69) is 23.0 Å². The Morgan fingerprint density at radius 2 is 2.25 bits per heavy atom. The fourth-order valence-electron chi connectivity index (χ4n) is 3.11. The van der Waals surface area contributed by atoms with Gasteiger partial charge in [0.25, 0.3) is 5.56 Å². The van der Waals surface area contributed by atoms with E-state index in [1.54, 1.807) is 6.07 Å². The normalized spacial score (nSPS) is 17.5. The van der Waals surface area contributed by atoms with E-state index in [4.69, 9.17) is 0 Å². The van der Waals surface area contributed by atoms with E-state index in [0.29, 0.717) is 17.0 Å². The monoisotopic (exact) mass is 347 g/mol. The van der Waals surface area contributed by atoms with Crippen molar-refractivity contribution in [3.63, 3.8) is 0 Å². The molecular formula is C18H25N3O2S. The molecule has 0 spiro atoms. The second-order valence-corrected chi connectivity index (χ2v) is 7.48. The molecular weight excluding hydrogens is 322 g/mol. The Hall–Kier alpha value is -1.56. The predicted molar refractivity (Wildman–Crippen MR) is 96.0 cm³/mol. The molecule has 0 aromatic carbocycles. The highest BCUT2D eigenvalue weighted by molar-refractivity contribution is 7.99. The van der Waals surface area contributed by atoms with Crippen molar-refractivity contribution in [2.24, 2.45) is 0 Å². The SMILES string of the molecule is CCCc1cc(=O)[nH]c(SCC(=O)N(C2=CCCCC2)C2CC2)n1. The van der Waals surface area contributed by atoms with Crippen molar-refractivity contribution in [1.82, 2.24) is 14.9 Å². The minimum absolute atomic E-state index is 0.138. The number of aromatic nitrogens is 2. The summed E-state index contributed by atoms with van der Waals surface area (Å²) in [4.78, 5) is 33.7. The first-order chi connectivity index (χ1) is 11.7. The summed E-state index contributed by atoms with van der Waals surface area (Å²) in [7, 11) is 0. The molecule has 0 unspecified atom stereocenters. The van der Waals surface area contributed by atoms with E-state index in [-0.39, 0.29) is 11.5 Å². The third-order valence-corrected chi connectivity index (χ3v) is 5.23. The van der Waals surface area contributed by atoms with Crippen molar-refractivity contribution in [2.75, 3.05) is 5.75 Å². The number of aromatic amines is 1. The molecule has 2 aliphatic carbocycles. The van der Waals surface area contributed by atoms with Gasteiger partial charge in [0.1, 0.15) is 0 Å². The summed E-state index contributed by atoms with van der Waals surface area (Å²) in [6.45, 7) is 2.06. The molecule has 0 aliphatic heterocycles. The molecule has 1 aromatic rings. The zero-order valence-corrected chi connectivity index (χ0v) is 15.0. The van der Waals surface area contributed by atoms with Crippen LogP contribution in [0.5, 0.6) is 0 Å². The van der Waals surface area contributed by atoms with Gasteiger partial charge in [-0.15, -0.1) is 0 Å². The van der Waals surface area contributed by atoms with E-state index in [1.807, 2.05) is 4.90 Å². The fraction of sp³-hybridized carbons (Fsp3) is 0.611. The number of carbonyl (C=O) groups excluding carboxylic acids is 1. The number of amides is 1. The molecule has 1 amide bonds. The van der Waals surface area contributed by atoms with Crippen molar-refractivity contribution in [3.05, 3.63) is 33.9 Å². The first kappa shape index (κ1) is 17.3. The highest BCUT2D eigenvalue weighted by Gasteiger charge is 2.34. The summed E-state index contributed by atoms with van der Waals surface area (Å²) in [5.41, 5.74) is 1.86. The molecule has 0 radical (unpaired) electrons. The number of nitrogens with zero attached hydrogens (tertiary/aromatic N) is 2. The maximum absolute atomic E-state index is 12.7. The summed E-state index contributed by atoms with van der Waals surface area (Å²) in [5, 5.41) is 0.549. The number of rotatable bonds is 7. The Morgan fingerprint density at radius 1 is 1.42 bits per heavy atom. The lowest BCUT2D eigenvalue weighted by Gasteiger charge is -2.27. The molecule has 0 atom stereocenters. The van der Waals surface area contributed by atoms with Gasteiger partial charge in [0, 0.05) is 23.5 Å². The molecule has 130 valence electrons. The van der Waals surface area contributed by atoms with Crippen molar-refractivity contribution >= 4 is 17.7 Å². The number of thioether (sulfide) groups is 1. The Bertz CT molecular complexity index is 679. The number of aryl methyl sites for hydroxylation is 1. The highest BCUT2D eigenvalue weighted by Crippen LogP contribution is 2.34. The lowest BCUT2D eigenvalue weighted by Crippen LogP contribution is -2.34. The van der Waals surface area contributed by atoms with Crippen LogP contribution in [0.15, 0.2) is 27.8 Å². The molecule has 5 nitrogen and oxygen atoms in total. The van der Waals surface area contributed by atoms with Gasteiger partial charge >= 0.3 is 0 Å². The number of nitrogens with one attached hydrogen (secondary N) is 1. The third-order valence-electron chi connectivity index (χ3n) is 4.37.